The molecule has 0 aliphatic carbocycles. The Morgan fingerprint density at radius 3 is 2.47 bits per heavy atom. The lowest BCUT2D eigenvalue weighted by Gasteiger charge is -2.13. The zero-order valence-corrected chi connectivity index (χ0v) is 19.4. The van der Waals surface area contributed by atoms with Crippen LogP contribution in [0.25, 0.3) is 6.08 Å². The van der Waals surface area contributed by atoms with Crippen molar-refractivity contribution < 1.29 is 14.3 Å². The Hall–Kier alpha value is -2.31. The molecule has 1 heterocycles. The van der Waals surface area contributed by atoms with Crippen LogP contribution in [0.1, 0.15) is 42.9 Å². The molecule has 0 spiro atoms. The van der Waals surface area contributed by atoms with Gasteiger partial charge in [0.2, 0.25) is 0 Å². The summed E-state index contributed by atoms with van der Waals surface area (Å²) in [7, 11) is 1.69. The van der Waals surface area contributed by atoms with Gasteiger partial charge in [-0.3, -0.25) is 9.69 Å². The molecule has 2 aromatic rings. The van der Waals surface area contributed by atoms with E-state index in [1.807, 2.05) is 43.3 Å². The van der Waals surface area contributed by atoms with Crippen molar-refractivity contribution in [2.45, 2.75) is 33.1 Å². The number of nitrogens with zero attached hydrogens (tertiary/aromatic N) is 1. The molecule has 0 N–H and O–H groups in total. The smallest absolute Gasteiger partial charge is 0.265 e. The molecule has 30 heavy (non-hydrogen) atoms. The lowest BCUT2D eigenvalue weighted by atomic mass is 9.99. The minimum atomic E-state index is -0.0818. The van der Waals surface area contributed by atoms with Crippen LogP contribution in [-0.2, 0) is 4.79 Å². The molecule has 1 aliphatic heterocycles. The summed E-state index contributed by atoms with van der Waals surface area (Å²) in [5.41, 5.74) is 3.28. The van der Waals surface area contributed by atoms with Crippen molar-refractivity contribution in [3.05, 3.63) is 64.1 Å². The average molecular weight is 442 g/mol. The van der Waals surface area contributed by atoms with Crippen LogP contribution >= 0.6 is 24.0 Å². The number of likely N-dealkylation sites (N-methyl/N-ethyl adjacent to an activating group) is 1. The monoisotopic (exact) mass is 441 g/mol. The third-order valence-corrected chi connectivity index (χ3v) is 6.59. The highest BCUT2D eigenvalue weighted by Crippen LogP contribution is 2.33. The van der Waals surface area contributed by atoms with Crippen LogP contribution in [0.15, 0.2) is 47.4 Å². The second kappa shape index (κ2) is 10.1. The average Bonchev–Trinajstić information content (AvgIpc) is 2.99. The minimum absolute atomic E-state index is 0.0818. The third-order valence-electron chi connectivity index (χ3n) is 5.11. The highest BCUT2D eigenvalue weighted by molar-refractivity contribution is 8.26. The van der Waals surface area contributed by atoms with E-state index in [9.17, 15) is 4.79 Å². The quantitative estimate of drug-likeness (QED) is 0.294. The first-order valence-electron chi connectivity index (χ1n) is 10.1. The van der Waals surface area contributed by atoms with Crippen molar-refractivity contribution in [1.82, 2.24) is 4.90 Å². The standard InChI is InChI=1S/C24H27NO3S2/c1-5-17(3)18-7-9-20(10-8-18)27-12-13-28-21-11-6-16(2)14-19(21)15-22-23(26)25(4)24(29)30-22/h6-11,14-15,17H,5,12-13H2,1-4H3. The first-order chi connectivity index (χ1) is 14.4. The molecule has 1 fully saturated rings. The lowest BCUT2D eigenvalue weighted by molar-refractivity contribution is -0.121. The highest BCUT2D eigenvalue weighted by atomic mass is 32.2. The number of hydrogen-bond acceptors (Lipinski definition) is 5. The van der Waals surface area contributed by atoms with Gasteiger partial charge in [-0.05, 0) is 55.2 Å². The number of rotatable bonds is 8. The molecule has 1 amide bonds. The number of thioether (sulfide) groups is 1. The van der Waals surface area contributed by atoms with Gasteiger partial charge in [-0.25, -0.2) is 0 Å². The van der Waals surface area contributed by atoms with Crippen molar-refractivity contribution in [1.29, 1.82) is 0 Å². The van der Waals surface area contributed by atoms with E-state index in [-0.39, 0.29) is 5.91 Å². The van der Waals surface area contributed by atoms with Crippen LogP contribution < -0.4 is 9.47 Å². The molecular formula is C24H27NO3S2. The van der Waals surface area contributed by atoms with Crippen molar-refractivity contribution in [2.24, 2.45) is 0 Å². The number of aryl methyl sites for hydroxylation is 1. The lowest BCUT2D eigenvalue weighted by Crippen LogP contribution is -2.22. The number of hydrogen-bond donors (Lipinski definition) is 0. The fraction of sp³-hybridized carbons (Fsp3) is 0.333. The van der Waals surface area contributed by atoms with Gasteiger partial charge in [0.1, 0.15) is 29.0 Å². The second-order valence-electron chi connectivity index (χ2n) is 7.36. The van der Waals surface area contributed by atoms with Crippen LogP contribution in [0, 0.1) is 6.92 Å². The summed E-state index contributed by atoms with van der Waals surface area (Å²) < 4.78 is 12.3. The van der Waals surface area contributed by atoms with Crippen LogP contribution in [0.4, 0.5) is 0 Å². The summed E-state index contributed by atoms with van der Waals surface area (Å²) in [5.74, 6) is 2.02. The van der Waals surface area contributed by atoms with Gasteiger partial charge in [-0.2, -0.15) is 0 Å². The predicted octanol–water partition coefficient (Wildman–Crippen LogP) is 5.80. The topological polar surface area (TPSA) is 38.8 Å². The van der Waals surface area contributed by atoms with E-state index >= 15 is 0 Å². The molecule has 1 atom stereocenters. The number of amides is 1. The number of ether oxygens (including phenoxy) is 2. The van der Waals surface area contributed by atoms with Crippen molar-refractivity contribution >= 4 is 40.3 Å². The van der Waals surface area contributed by atoms with Crippen molar-refractivity contribution in [2.75, 3.05) is 20.3 Å². The molecule has 6 heteroatoms. The van der Waals surface area contributed by atoms with Crippen molar-refractivity contribution in [3.8, 4) is 11.5 Å². The maximum atomic E-state index is 12.3. The van der Waals surface area contributed by atoms with Crippen LogP contribution in [0.3, 0.4) is 0 Å². The fourth-order valence-corrected chi connectivity index (χ4v) is 4.21. The van der Waals surface area contributed by atoms with Gasteiger partial charge in [0.25, 0.3) is 5.91 Å². The fourth-order valence-electron chi connectivity index (χ4n) is 3.04. The molecule has 3 rings (SSSR count). The van der Waals surface area contributed by atoms with E-state index in [2.05, 4.69) is 26.0 Å². The molecule has 0 radical (unpaired) electrons. The number of benzene rings is 2. The molecule has 1 saturated heterocycles. The van der Waals surface area contributed by atoms with E-state index in [1.54, 1.807) is 7.05 Å². The van der Waals surface area contributed by atoms with Gasteiger partial charge in [0, 0.05) is 12.6 Å². The molecule has 4 nitrogen and oxygen atoms in total. The van der Waals surface area contributed by atoms with Gasteiger partial charge in [0.05, 0.1) is 4.91 Å². The third kappa shape index (κ3) is 5.43. The van der Waals surface area contributed by atoms with E-state index in [0.29, 0.717) is 28.4 Å². The zero-order valence-electron chi connectivity index (χ0n) is 17.8. The number of thiocarbonyl (C=S) groups is 1. The maximum Gasteiger partial charge on any atom is 0.265 e. The Labute approximate surface area is 188 Å². The minimum Gasteiger partial charge on any atom is -0.490 e. The first kappa shape index (κ1) is 22.4. The largest absolute Gasteiger partial charge is 0.490 e. The van der Waals surface area contributed by atoms with Gasteiger partial charge in [-0.15, -0.1) is 0 Å². The molecule has 1 aliphatic rings. The summed E-state index contributed by atoms with van der Waals surface area (Å²) >= 11 is 6.52. The predicted molar refractivity (Wildman–Crippen MR) is 128 cm³/mol. The molecule has 0 aromatic heterocycles. The Kier molecular flexibility index (Phi) is 7.56. The van der Waals surface area contributed by atoms with Gasteiger partial charge in [-0.1, -0.05) is 61.6 Å². The van der Waals surface area contributed by atoms with E-state index in [1.165, 1.54) is 22.2 Å². The first-order valence-corrected chi connectivity index (χ1v) is 11.3. The molecule has 1 unspecified atom stereocenters. The summed E-state index contributed by atoms with van der Waals surface area (Å²) in [6, 6.07) is 14.2. The number of carbonyl (C=O) groups is 1. The Balaban J connectivity index is 1.61. The van der Waals surface area contributed by atoms with E-state index in [0.717, 1.165) is 29.0 Å². The summed E-state index contributed by atoms with van der Waals surface area (Å²) in [5, 5.41) is 0. The second-order valence-corrected chi connectivity index (χ2v) is 9.03. The SMILES string of the molecule is CCC(C)c1ccc(OCCOc2ccc(C)cc2C=C2SC(=S)N(C)C2=O)cc1. The molecule has 158 valence electrons. The molecule has 2 aromatic carbocycles. The van der Waals surface area contributed by atoms with Gasteiger partial charge in [0.15, 0.2) is 0 Å². The molecular weight excluding hydrogens is 414 g/mol. The summed E-state index contributed by atoms with van der Waals surface area (Å²) in [4.78, 5) is 14.4. The van der Waals surface area contributed by atoms with Crippen LogP contribution in [-0.4, -0.2) is 35.4 Å². The van der Waals surface area contributed by atoms with Crippen molar-refractivity contribution in [3.63, 3.8) is 0 Å². The van der Waals surface area contributed by atoms with E-state index in [4.69, 9.17) is 21.7 Å². The van der Waals surface area contributed by atoms with Crippen LogP contribution in [0.2, 0.25) is 0 Å². The van der Waals surface area contributed by atoms with Crippen LogP contribution in [0.5, 0.6) is 11.5 Å². The summed E-state index contributed by atoms with van der Waals surface area (Å²) in [6.45, 7) is 7.27. The highest BCUT2D eigenvalue weighted by Gasteiger charge is 2.28. The molecule has 0 saturated carbocycles. The van der Waals surface area contributed by atoms with E-state index < -0.39 is 0 Å². The Morgan fingerprint density at radius 1 is 1.13 bits per heavy atom. The zero-order chi connectivity index (χ0) is 21.7. The summed E-state index contributed by atoms with van der Waals surface area (Å²) in [6.07, 6.45) is 2.97. The van der Waals surface area contributed by atoms with Gasteiger partial charge >= 0.3 is 0 Å². The Bertz CT molecular complexity index is 953. The number of carbonyl (C=O) groups excluding carboxylic acids is 1. The van der Waals surface area contributed by atoms with Gasteiger partial charge < -0.3 is 9.47 Å². The normalized spacial score (nSPS) is 16.3. The molecule has 0 bridgehead atoms. The Morgan fingerprint density at radius 2 is 1.83 bits per heavy atom. The maximum absolute atomic E-state index is 12.3.